The molecular weight excluding hydrogens is 326 g/mol. The van der Waals surface area contributed by atoms with E-state index in [0.717, 1.165) is 37.8 Å². The van der Waals surface area contributed by atoms with Gasteiger partial charge in [-0.3, -0.25) is 4.79 Å². The number of carbonyl (C=O) groups excluding carboxylic acids is 1. The van der Waals surface area contributed by atoms with Crippen molar-refractivity contribution in [3.05, 3.63) is 0 Å². The fraction of sp³-hybridized carbons (Fsp3) is 0.909. The van der Waals surface area contributed by atoms with Gasteiger partial charge in [-0.25, -0.2) is 0 Å². The summed E-state index contributed by atoms with van der Waals surface area (Å²) in [4.78, 5) is 12.9. The zero-order valence-corrected chi connectivity index (χ0v) is 16.9. The molecule has 0 unspecified atom stereocenters. The quantitative estimate of drug-likeness (QED) is 0.419. The van der Waals surface area contributed by atoms with Gasteiger partial charge in [0.2, 0.25) is 0 Å². The summed E-state index contributed by atoms with van der Waals surface area (Å²) in [5.74, 6) is 1.07. The van der Waals surface area contributed by atoms with Crippen LogP contribution in [0, 0.1) is 33.5 Å². The number of rotatable bonds is 2. The lowest BCUT2D eigenvalue weighted by Crippen LogP contribution is -2.58. The van der Waals surface area contributed by atoms with Crippen LogP contribution in [0.15, 0.2) is 5.16 Å². The maximum absolute atomic E-state index is 12.9. The first kappa shape index (κ1) is 18.3. The van der Waals surface area contributed by atoms with Gasteiger partial charge in [-0.1, -0.05) is 25.4 Å². The Morgan fingerprint density at radius 2 is 1.88 bits per heavy atom. The van der Waals surface area contributed by atoms with Gasteiger partial charge in [0.25, 0.3) is 0 Å². The Morgan fingerprint density at radius 1 is 1.15 bits per heavy atom. The first-order valence-corrected chi connectivity index (χ1v) is 10.6. The van der Waals surface area contributed by atoms with Gasteiger partial charge in [0, 0.05) is 5.41 Å². The first-order valence-electron chi connectivity index (χ1n) is 10.6. The van der Waals surface area contributed by atoms with Crippen LogP contribution in [0.1, 0.15) is 85.5 Å². The Kier molecular flexibility index (Phi) is 4.03. The van der Waals surface area contributed by atoms with Crippen LogP contribution in [0.4, 0.5) is 0 Å². The second-order valence-corrected chi connectivity index (χ2v) is 10.5. The van der Waals surface area contributed by atoms with Crippen molar-refractivity contribution < 1.29 is 14.7 Å². The van der Waals surface area contributed by atoms with E-state index in [1.54, 1.807) is 0 Å². The molecule has 0 aromatic rings. The number of oxime groups is 1. The topological polar surface area (TPSA) is 58.9 Å². The molecule has 0 radical (unpaired) electrons. The highest BCUT2D eigenvalue weighted by Crippen LogP contribution is 2.73. The van der Waals surface area contributed by atoms with Gasteiger partial charge in [-0.2, -0.15) is 0 Å². The van der Waals surface area contributed by atoms with Gasteiger partial charge in [0.05, 0.1) is 17.7 Å². The Hall–Kier alpha value is -1.06. The summed E-state index contributed by atoms with van der Waals surface area (Å²) in [6.07, 6.45) is 10.0. The van der Waals surface area contributed by atoms with E-state index < -0.39 is 0 Å². The van der Waals surface area contributed by atoms with Crippen LogP contribution in [0.2, 0.25) is 0 Å². The third kappa shape index (κ3) is 2.19. The van der Waals surface area contributed by atoms with Crippen LogP contribution in [-0.4, -0.2) is 23.5 Å². The lowest BCUT2D eigenvalue weighted by molar-refractivity contribution is -0.187. The fourth-order valence-electron chi connectivity index (χ4n) is 8.22. The second kappa shape index (κ2) is 5.72. The molecule has 26 heavy (non-hydrogen) atoms. The normalized spacial score (nSPS) is 51.6. The van der Waals surface area contributed by atoms with Gasteiger partial charge in [-0.05, 0) is 87.9 Å². The molecule has 1 N–H and O–H groups in total. The van der Waals surface area contributed by atoms with E-state index in [2.05, 4.69) is 25.9 Å². The van der Waals surface area contributed by atoms with Gasteiger partial charge in [-0.15, -0.1) is 0 Å². The third-order valence-corrected chi connectivity index (χ3v) is 9.25. The second-order valence-electron chi connectivity index (χ2n) is 10.5. The van der Waals surface area contributed by atoms with Crippen LogP contribution < -0.4 is 0 Å². The zero-order valence-electron chi connectivity index (χ0n) is 16.9. The molecule has 146 valence electrons. The number of fused-ring (bicyclic) bond motifs is 3. The standard InChI is InChI=1S/C22H35NO3/c1-5-26-18(24)21(4)10-6-9-20(3)15(21)8-12-22-13-17(23-25)19(2,14-22)11-7-16(20)22/h15-16,25H,5-14H2,1-4H3/b23-17+/t15-,16-,19-,20+,21+,22-/m0/s1. The van der Waals surface area contributed by atoms with Crippen LogP contribution in [0.3, 0.4) is 0 Å². The predicted octanol–water partition coefficient (Wildman–Crippen LogP) is 5.18. The Balaban J connectivity index is 1.71. The Labute approximate surface area is 157 Å². The Morgan fingerprint density at radius 3 is 2.58 bits per heavy atom. The minimum atomic E-state index is -0.335. The molecule has 4 rings (SSSR count). The summed E-state index contributed by atoms with van der Waals surface area (Å²) in [5.41, 5.74) is 1.27. The molecule has 0 aromatic heterocycles. The van der Waals surface area contributed by atoms with E-state index in [1.165, 1.54) is 25.7 Å². The summed E-state index contributed by atoms with van der Waals surface area (Å²) >= 11 is 0. The van der Waals surface area contributed by atoms with Crippen molar-refractivity contribution in [2.75, 3.05) is 6.61 Å². The van der Waals surface area contributed by atoms with Gasteiger partial charge >= 0.3 is 5.97 Å². The van der Waals surface area contributed by atoms with Crippen molar-refractivity contribution in [2.24, 2.45) is 38.7 Å². The molecule has 6 atom stereocenters. The fourth-order valence-corrected chi connectivity index (χ4v) is 8.22. The molecular formula is C22H35NO3. The van der Waals surface area contributed by atoms with Gasteiger partial charge < -0.3 is 9.94 Å². The van der Waals surface area contributed by atoms with Crippen molar-refractivity contribution in [3.8, 4) is 0 Å². The van der Waals surface area contributed by atoms with Gasteiger partial charge in [0.15, 0.2) is 0 Å². The van der Waals surface area contributed by atoms with Crippen LogP contribution in [0.25, 0.3) is 0 Å². The predicted molar refractivity (Wildman–Crippen MR) is 101 cm³/mol. The number of hydrogen-bond acceptors (Lipinski definition) is 4. The van der Waals surface area contributed by atoms with E-state index in [0.29, 0.717) is 18.4 Å². The smallest absolute Gasteiger partial charge is 0.312 e. The Bertz CT molecular complexity index is 645. The summed E-state index contributed by atoms with van der Waals surface area (Å²) in [7, 11) is 0. The molecule has 4 aliphatic rings. The van der Waals surface area contributed by atoms with Crippen molar-refractivity contribution >= 4 is 11.7 Å². The molecule has 4 fully saturated rings. The third-order valence-electron chi connectivity index (χ3n) is 9.25. The van der Waals surface area contributed by atoms with E-state index in [1.807, 2.05) is 6.92 Å². The number of carbonyl (C=O) groups is 1. The van der Waals surface area contributed by atoms with Crippen molar-refractivity contribution in [1.29, 1.82) is 0 Å². The van der Waals surface area contributed by atoms with Crippen molar-refractivity contribution in [1.82, 2.24) is 0 Å². The van der Waals surface area contributed by atoms with Crippen LogP contribution in [0.5, 0.6) is 0 Å². The molecule has 0 amide bonds. The SMILES string of the molecule is CCOC(=O)[C@]1(C)CCC[C@@]2(C)[C@@H]3CC[C@@]4(C)C[C@]3(CC[C@@H]21)C/C4=N\O. The number of esters is 1. The molecule has 4 aliphatic carbocycles. The van der Waals surface area contributed by atoms with E-state index in [9.17, 15) is 10.0 Å². The minimum absolute atomic E-state index is 0.0246. The zero-order chi connectivity index (χ0) is 18.8. The highest BCUT2D eigenvalue weighted by atomic mass is 16.5. The van der Waals surface area contributed by atoms with Crippen LogP contribution in [-0.2, 0) is 9.53 Å². The lowest BCUT2D eigenvalue weighted by Gasteiger charge is -2.64. The highest BCUT2D eigenvalue weighted by Gasteiger charge is 2.67. The molecule has 1 spiro atoms. The molecule has 2 bridgehead atoms. The summed E-state index contributed by atoms with van der Waals surface area (Å²) in [5, 5.41) is 13.3. The average Bonchev–Trinajstić information content (AvgIpc) is 2.80. The molecule has 4 saturated carbocycles. The maximum Gasteiger partial charge on any atom is 0.312 e. The minimum Gasteiger partial charge on any atom is -0.466 e. The monoisotopic (exact) mass is 361 g/mol. The number of hydrogen-bond donors (Lipinski definition) is 1. The molecule has 0 saturated heterocycles. The first-order chi connectivity index (χ1) is 12.2. The van der Waals surface area contributed by atoms with Crippen LogP contribution >= 0.6 is 0 Å². The highest BCUT2D eigenvalue weighted by molar-refractivity contribution is 5.92. The molecule has 0 aliphatic heterocycles. The molecule has 4 heteroatoms. The van der Waals surface area contributed by atoms with E-state index in [-0.39, 0.29) is 27.6 Å². The summed E-state index contributed by atoms with van der Waals surface area (Å²) < 4.78 is 5.53. The average molecular weight is 362 g/mol. The molecule has 0 aromatic carbocycles. The summed E-state index contributed by atoms with van der Waals surface area (Å²) in [6, 6.07) is 0. The van der Waals surface area contributed by atoms with Gasteiger partial charge in [0.1, 0.15) is 0 Å². The largest absolute Gasteiger partial charge is 0.466 e. The molecule has 4 nitrogen and oxygen atoms in total. The lowest BCUT2D eigenvalue weighted by atomic mass is 9.40. The van der Waals surface area contributed by atoms with E-state index >= 15 is 0 Å². The van der Waals surface area contributed by atoms with Crippen molar-refractivity contribution in [3.63, 3.8) is 0 Å². The maximum atomic E-state index is 12.9. The summed E-state index contributed by atoms with van der Waals surface area (Å²) in [6.45, 7) is 9.32. The van der Waals surface area contributed by atoms with Crippen molar-refractivity contribution in [2.45, 2.75) is 85.5 Å². The van der Waals surface area contributed by atoms with E-state index in [4.69, 9.17) is 4.74 Å². The molecule has 0 heterocycles. The number of nitrogens with zero attached hydrogens (tertiary/aromatic N) is 1. The number of ether oxygens (including phenoxy) is 1.